The van der Waals surface area contributed by atoms with Crippen LogP contribution < -0.4 is 0 Å². The summed E-state index contributed by atoms with van der Waals surface area (Å²) in [4.78, 5) is 0. The van der Waals surface area contributed by atoms with Crippen LogP contribution in [0.25, 0.3) is 0 Å². The zero-order valence-corrected chi connectivity index (χ0v) is 7.31. The summed E-state index contributed by atoms with van der Waals surface area (Å²) in [5, 5.41) is 12.4. The number of hydrogen-bond acceptors (Lipinski definition) is 2. The molecule has 0 fully saturated rings. The number of hydrogen-bond donors (Lipinski definition) is 0. The van der Waals surface area contributed by atoms with Gasteiger partial charge in [0, 0.05) is 7.05 Å². The fourth-order valence-electron chi connectivity index (χ4n) is 0.654. The smallest absolute Gasteiger partial charge is 0.176 e. The number of nitriles is 1. The minimum Gasteiger partial charge on any atom is -0.270 e. The molecule has 0 saturated carbocycles. The first-order chi connectivity index (χ1) is 4.66. The van der Waals surface area contributed by atoms with E-state index in [1.165, 1.54) is 0 Å². The summed E-state index contributed by atoms with van der Waals surface area (Å²) in [5.41, 5.74) is 1.41. The van der Waals surface area contributed by atoms with E-state index in [9.17, 15) is 0 Å². The summed E-state index contributed by atoms with van der Waals surface area (Å²) in [6, 6.07) is 1.98. The highest BCUT2D eigenvalue weighted by Gasteiger charge is 2.07. The minimum atomic E-state index is 0.444. The average molecular weight is 200 g/mol. The van der Waals surface area contributed by atoms with E-state index in [0.717, 1.165) is 10.2 Å². The van der Waals surface area contributed by atoms with Crippen molar-refractivity contribution in [3.05, 3.63) is 15.9 Å². The van der Waals surface area contributed by atoms with Crippen molar-refractivity contribution < 1.29 is 0 Å². The predicted octanol–water partition coefficient (Wildman–Crippen LogP) is 1.36. The van der Waals surface area contributed by atoms with E-state index < -0.39 is 0 Å². The molecule has 0 aliphatic carbocycles. The van der Waals surface area contributed by atoms with Crippen molar-refractivity contribution in [3.8, 4) is 6.07 Å². The Morgan fingerprint density at radius 1 is 1.70 bits per heavy atom. The largest absolute Gasteiger partial charge is 0.270 e. The lowest BCUT2D eigenvalue weighted by Crippen LogP contribution is -1.92. The van der Waals surface area contributed by atoms with Gasteiger partial charge < -0.3 is 0 Å². The van der Waals surface area contributed by atoms with E-state index in [1.807, 2.05) is 13.0 Å². The third-order valence-electron chi connectivity index (χ3n) is 1.37. The SMILES string of the molecule is Cc1c(Br)c(C#N)nn1C. The maximum atomic E-state index is 8.50. The Morgan fingerprint density at radius 3 is 2.50 bits per heavy atom. The molecular weight excluding hydrogens is 194 g/mol. The zero-order chi connectivity index (χ0) is 7.72. The fraction of sp³-hybridized carbons (Fsp3) is 0.333. The van der Waals surface area contributed by atoms with E-state index in [1.54, 1.807) is 11.7 Å². The van der Waals surface area contributed by atoms with Crippen molar-refractivity contribution >= 4 is 15.9 Å². The standard InChI is InChI=1S/C6H6BrN3/c1-4-6(7)5(3-8)9-10(4)2/h1-2H3. The second-order valence-corrected chi connectivity index (χ2v) is 2.78. The lowest BCUT2D eigenvalue weighted by molar-refractivity contribution is 0.736. The van der Waals surface area contributed by atoms with E-state index in [-0.39, 0.29) is 0 Å². The summed E-state index contributed by atoms with van der Waals surface area (Å²) in [6.45, 7) is 1.90. The van der Waals surface area contributed by atoms with E-state index in [2.05, 4.69) is 21.0 Å². The zero-order valence-electron chi connectivity index (χ0n) is 5.72. The molecule has 0 bridgehead atoms. The highest BCUT2D eigenvalue weighted by atomic mass is 79.9. The van der Waals surface area contributed by atoms with Crippen LogP contribution in [-0.4, -0.2) is 9.78 Å². The topological polar surface area (TPSA) is 41.6 Å². The number of rotatable bonds is 0. The van der Waals surface area contributed by atoms with Crippen molar-refractivity contribution in [3.63, 3.8) is 0 Å². The van der Waals surface area contributed by atoms with Gasteiger partial charge in [0.05, 0.1) is 10.2 Å². The fourth-order valence-corrected chi connectivity index (χ4v) is 1.08. The summed E-state index contributed by atoms with van der Waals surface area (Å²) >= 11 is 3.26. The molecule has 0 radical (unpaired) electrons. The van der Waals surface area contributed by atoms with Crippen molar-refractivity contribution in [2.45, 2.75) is 6.92 Å². The number of aromatic nitrogens is 2. The van der Waals surface area contributed by atoms with Crippen LogP contribution in [-0.2, 0) is 7.05 Å². The van der Waals surface area contributed by atoms with Crippen LogP contribution in [0, 0.1) is 18.3 Å². The first-order valence-corrected chi connectivity index (χ1v) is 3.55. The Balaban J connectivity index is 3.34. The Hall–Kier alpha value is -0.820. The molecule has 0 unspecified atom stereocenters. The highest BCUT2D eigenvalue weighted by Crippen LogP contribution is 2.18. The normalized spacial score (nSPS) is 9.40. The third-order valence-corrected chi connectivity index (χ3v) is 2.32. The Kier molecular flexibility index (Phi) is 1.77. The minimum absolute atomic E-state index is 0.444. The molecule has 4 heteroatoms. The van der Waals surface area contributed by atoms with Crippen LogP contribution in [0.5, 0.6) is 0 Å². The van der Waals surface area contributed by atoms with Crippen LogP contribution in [0.15, 0.2) is 4.47 Å². The van der Waals surface area contributed by atoms with Crippen molar-refractivity contribution in [1.82, 2.24) is 9.78 Å². The molecule has 52 valence electrons. The molecule has 0 aromatic carbocycles. The maximum absolute atomic E-state index is 8.50. The lowest BCUT2D eigenvalue weighted by atomic mass is 10.4. The average Bonchev–Trinajstić information content (AvgIpc) is 2.17. The number of nitrogens with zero attached hydrogens (tertiary/aromatic N) is 3. The van der Waals surface area contributed by atoms with Gasteiger partial charge in [-0.3, -0.25) is 4.68 Å². The second kappa shape index (κ2) is 2.43. The lowest BCUT2D eigenvalue weighted by Gasteiger charge is -1.89. The molecule has 1 aromatic heterocycles. The molecule has 1 rings (SSSR count). The summed E-state index contributed by atoms with van der Waals surface area (Å²) in [6.07, 6.45) is 0. The first-order valence-electron chi connectivity index (χ1n) is 2.76. The molecule has 1 heterocycles. The van der Waals surface area contributed by atoms with Crippen molar-refractivity contribution in [1.29, 1.82) is 5.26 Å². The van der Waals surface area contributed by atoms with Gasteiger partial charge in [0.15, 0.2) is 5.69 Å². The van der Waals surface area contributed by atoms with Crippen molar-refractivity contribution in [2.75, 3.05) is 0 Å². The molecule has 0 atom stereocenters. The third kappa shape index (κ3) is 0.929. The maximum Gasteiger partial charge on any atom is 0.176 e. The molecule has 0 aliphatic heterocycles. The number of halogens is 1. The van der Waals surface area contributed by atoms with Gasteiger partial charge in [-0.25, -0.2) is 0 Å². The Labute approximate surface area is 67.4 Å². The summed E-state index contributed by atoms with van der Waals surface area (Å²) in [7, 11) is 1.81. The van der Waals surface area contributed by atoms with Gasteiger partial charge in [0.1, 0.15) is 6.07 Å². The van der Waals surface area contributed by atoms with Crippen LogP contribution in [0.3, 0.4) is 0 Å². The second-order valence-electron chi connectivity index (χ2n) is 1.98. The molecule has 10 heavy (non-hydrogen) atoms. The van der Waals surface area contributed by atoms with Gasteiger partial charge in [0.2, 0.25) is 0 Å². The van der Waals surface area contributed by atoms with Gasteiger partial charge in [-0.15, -0.1) is 0 Å². The Bertz CT molecular complexity index is 295. The van der Waals surface area contributed by atoms with Crippen molar-refractivity contribution in [2.24, 2.45) is 7.05 Å². The van der Waals surface area contributed by atoms with E-state index >= 15 is 0 Å². The molecule has 0 aliphatic rings. The van der Waals surface area contributed by atoms with E-state index in [0.29, 0.717) is 5.69 Å². The molecule has 0 saturated heterocycles. The molecule has 0 spiro atoms. The van der Waals surface area contributed by atoms with Gasteiger partial charge in [-0.2, -0.15) is 10.4 Å². The van der Waals surface area contributed by atoms with Crippen LogP contribution in [0.4, 0.5) is 0 Å². The van der Waals surface area contributed by atoms with Gasteiger partial charge in [-0.05, 0) is 22.9 Å². The van der Waals surface area contributed by atoms with Crippen LogP contribution in [0.2, 0.25) is 0 Å². The number of aryl methyl sites for hydroxylation is 1. The van der Waals surface area contributed by atoms with Gasteiger partial charge in [-0.1, -0.05) is 0 Å². The first kappa shape index (κ1) is 7.29. The monoisotopic (exact) mass is 199 g/mol. The predicted molar refractivity (Wildman–Crippen MR) is 40.4 cm³/mol. The molecule has 3 nitrogen and oxygen atoms in total. The van der Waals surface area contributed by atoms with Gasteiger partial charge in [0.25, 0.3) is 0 Å². The summed E-state index contributed by atoms with van der Waals surface area (Å²) in [5.74, 6) is 0. The quantitative estimate of drug-likeness (QED) is 0.634. The molecule has 0 amide bonds. The molecule has 0 N–H and O–H groups in total. The van der Waals surface area contributed by atoms with Gasteiger partial charge >= 0.3 is 0 Å². The molecule has 1 aromatic rings. The van der Waals surface area contributed by atoms with Crippen LogP contribution >= 0.6 is 15.9 Å². The van der Waals surface area contributed by atoms with E-state index in [4.69, 9.17) is 5.26 Å². The van der Waals surface area contributed by atoms with Crippen LogP contribution in [0.1, 0.15) is 11.4 Å². The highest BCUT2D eigenvalue weighted by molar-refractivity contribution is 9.10. The Morgan fingerprint density at radius 2 is 2.30 bits per heavy atom. The summed E-state index contributed by atoms with van der Waals surface area (Å²) < 4.78 is 2.46. The molecular formula is C6H6BrN3.